The lowest BCUT2D eigenvalue weighted by Crippen LogP contribution is -2.26. The third kappa shape index (κ3) is 1.16. The van der Waals surface area contributed by atoms with Crippen molar-refractivity contribution in [3.63, 3.8) is 0 Å². The number of hydrogen-bond acceptors (Lipinski definition) is 2. The number of ether oxygens (including phenoxy) is 1. The molecule has 1 aromatic carbocycles. The average Bonchev–Trinajstić information content (AvgIpc) is 2.25. The smallest absolute Gasteiger partial charge is 0.252 e. The monoisotopic (exact) mass is 221 g/mol. The van der Waals surface area contributed by atoms with E-state index in [0.29, 0.717) is 18.2 Å². The van der Waals surface area contributed by atoms with E-state index >= 15 is 0 Å². The molecule has 0 unspecified atom stereocenters. The van der Waals surface area contributed by atoms with Gasteiger partial charge in [-0.3, -0.25) is 4.79 Å². The van der Waals surface area contributed by atoms with E-state index < -0.39 is 0 Å². The number of aromatic nitrogens is 1. The molecule has 0 saturated heterocycles. The van der Waals surface area contributed by atoms with Crippen LogP contribution in [0, 0.1) is 0 Å². The zero-order valence-corrected chi connectivity index (χ0v) is 8.62. The number of nitrogens with zero attached hydrogens (tertiary/aromatic N) is 1. The number of pyridine rings is 1. The lowest BCUT2D eigenvalue weighted by atomic mass is 10.2. The van der Waals surface area contributed by atoms with Crippen molar-refractivity contribution in [3.05, 3.63) is 39.6 Å². The SMILES string of the molecule is O=c1cc(Cl)c2cccc3c2n1CCO3. The highest BCUT2D eigenvalue weighted by Crippen LogP contribution is 2.30. The summed E-state index contributed by atoms with van der Waals surface area (Å²) in [6, 6.07) is 7.09. The van der Waals surface area contributed by atoms with Gasteiger partial charge in [0.25, 0.3) is 5.56 Å². The standard InChI is InChI=1S/C11H8ClNO2/c12-8-6-10(14)13-4-5-15-9-3-1-2-7(8)11(9)13/h1-3,6H,4-5H2. The van der Waals surface area contributed by atoms with Gasteiger partial charge in [0.15, 0.2) is 0 Å². The number of hydrogen-bond donors (Lipinski definition) is 0. The largest absolute Gasteiger partial charge is 0.490 e. The summed E-state index contributed by atoms with van der Waals surface area (Å²) in [6.45, 7) is 1.12. The molecule has 0 fully saturated rings. The summed E-state index contributed by atoms with van der Waals surface area (Å²) in [5, 5.41) is 1.35. The normalized spacial score (nSPS) is 13.9. The average molecular weight is 222 g/mol. The van der Waals surface area contributed by atoms with Crippen LogP contribution in [-0.2, 0) is 6.54 Å². The molecule has 0 radical (unpaired) electrons. The number of halogens is 1. The fourth-order valence-corrected chi connectivity index (χ4v) is 2.20. The fourth-order valence-electron chi connectivity index (χ4n) is 1.95. The molecule has 3 nitrogen and oxygen atoms in total. The first kappa shape index (κ1) is 8.80. The molecular formula is C11H8ClNO2. The van der Waals surface area contributed by atoms with Crippen LogP contribution in [-0.4, -0.2) is 11.2 Å². The van der Waals surface area contributed by atoms with Gasteiger partial charge in [0.1, 0.15) is 12.4 Å². The number of rotatable bonds is 0. The van der Waals surface area contributed by atoms with Crippen molar-refractivity contribution in [2.24, 2.45) is 0 Å². The minimum Gasteiger partial charge on any atom is -0.490 e. The van der Waals surface area contributed by atoms with E-state index in [9.17, 15) is 4.79 Å². The first-order chi connectivity index (χ1) is 7.27. The van der Waals surface area contributed by atoms with Crippen molar-refractivity contribution in [1.82, 2.24) is 4.57 Å². The highest BCUT2D eigenvalue weighted by atomic mass is 35.5. The lowest BCUT2D eigenvalue weighted by molar-refractivity contribution is 0.284. The second kappa shape index (κ2) is 3.00. The van der Waals surface area contributed by atoms with Crippen LogP contribution in [0.25, 0.3) is 10.9 Å². The molecule has 3 rings (SSSR count). The molecule has 76 valence electrons. The van der Waals surface area contributed by atoms with Gasteiger partial charge in [0.2, 0.25) is 0 Å². The quantitative estimate of drug-likeness (QED) is 0.682. The van der Waals surface area contributed by atoms with E-state index in [1.54, 1.807) is 4.57 Å². The zero-order chi connectivity index (χ0) is 10.4. The highest BCUT2D eigenvalue weighted by molar-refractivity contribution is 6.35. The molecule has 4 heteroatoms. The van der Waals surface area contributed by atoms with Crippen LogP contribution in [0.15, 0.2) is 29.1 Å². The van der Waals surface area contributed by atoms with E-state index in [1.807, 2.05) is 18.2 Å². The molecule has 0 saturated carbocycles. The Bertz CT molecular complexity index is 603. The second-order valence-corrected chi connectivity index (χ2v) is 3.89. The summed E-state index contributed by atoms with van der Waals surface area (Å²) in [4.78, 5) is 11.7. The number of para-hydroxylation sites is 1. The molecule has 0 bridgehead atoms. The van der Waals surface area contributed by atoms with Crippen molar-refractivity contribution < 1.29 is 4.74 Å². The van der Waals surface area contributed by atoms with Crippen molar-refractivity contribution in [1.29, 1.82) is 0 Å². The third-order valence-corrected chi connectivity index (χ3v) is 2.93. The van der Waals surface area contributed by atoms with Gasteiger partial charge in [-0.15, -0.1) is 0 Å². The van der Waals surface area contributed by atoms with Gasteiger partial charge in [-0.2, -0.15) is 0 Å². The minimum atomic E-state index is -0.0664. The van der Waals surface area contributed by atoms with Gasteiger partial charge in [0.05, 0.1) is 17.1 Å². The van der Waals surface area contributed by atoms with Gasteiger partial charge < -0.3 is 9.30 Å². The van der Waals surface area contributed by atoms with E-state index in [0.717, 1.165) is 16.7 Å². The van der Waals surface area contributed by atoms with Gasteiger partial charge in [-0.25, -0.2) is 0 Å². The molecule has 1 aliphatic rings. The Labute approximate surface area is 90.8 Å². The Kier molecular flexibility index (Phi) is 1.76. The van der Waals surface area contributed by atoms with E-state index in [2.05, 4.69) is 0 Å². The van der Waals surface area contributed by atoms with Gasteiger partial charge in [0, 0.05) is 11.5 Å². The molecular weight excluding hydrogens is 214 g/mol. The van der Waals surface area contributed by atoms with Gasteiger partial charge in [-0.05, 0) is 6.07 Å². The molecule has 2 aromatic rings. The predicted octanol–water partition coefficient (Wildman–Crippen LogP) is 2.05. The van der Waals surface area contributed by atoms with E-state index in [-0.39, 0.29) is 5.56 Å². The van der Waals surface area contributed by atoms with Crippen LogP contribution in [0.2, 0.25) is 5.02 Å². The van der Waals surface area contributed by atoms with Crippen LogP contribution < -0.4 is 10.3 Å². The summed E-state index contributed by atoms with van der Waals surface area (Å²) in [5.41, 5.74) is 0.740. The first-order valence-corrected chi connectivity index (χ1v) is 5.10. The van der Waals surface area contributed by atoms with Crippen molar-refractivity contribution in [2.75, 3.05) is 6.61 Å². The first-order valence-electron chi connectivity index (χ1n) is 4.72. The maximum absolute atomic E-state index is 11.7. The van der Waals surface area contributed by atoms with Crippen molar-refractivity contribution >= 4 is 22.5 Å². The zero-order valence-electron chi connectivity index (χ0n) is 7.87. The van der Waals surface area contributed by atoms with Crippen LogP contribution in [0.4, 0.5) is 0 Å². The third-order valence-electron chi connectivity index (χ3n) is 2.61. The topological polar surface area (TPSA) is 31.2 Å². The maximum Gasteiger partial charge on any atom is 0.252 e. The Morgan fingerprint density at radius 2 is 2.27 bits per heavy atom. The summed E-state index contributed by atoms with van der Waals surface area (Å²) in [6.07, 6.45) is 0. The summed E-state index contributed by atoms with van der Waals surface area (Å²) in [7, 11) is 0. The highest BCUT2D eigenvalue weighted by Gasteiger charge is 2.15. The summed E-state index contributed by atoms with van der Waals surface area (Å²) in [5.74, 6) is 0.735. The predicted molar refractivity (Wildman–Crippen MR) is 58.7 cm³/mol. The van der Waals surface area contributed by atoms with Crippen LogP contribution >= 0.6 is 11.6 Å². The van der Waals surface area contributed by atoms with E-state index in [1.165, 1.54) is 6.07 Å². The van der Waals surface area contributed by atoms with Gasteiger partial charge >= 0.3 is 0 Å². The molecule has 1 aliphatic heterocycles. The van der Waals surface area contributed by atoms with Crippen LogP contribution in [0.3, 0.4) is 0 Å². The Hall–Kier alpha value is -1.48. The van der Waals surface area contributed by atoms with Crippen LogP contribution in [0.5, 0.6) is 5.75 Å². The Morgan fingerprint density at radius 3 is 3.13 bits per heavy atom. The summed E-state index contributed by atoms with van der Waals surface area (Å²) >= 11 is 6.02. The molecule has 0 N–H and O–H groups in total. The Morgan fingerprint density at radius 1 is 1.40 bits per heavy atom. The van der Waals surface area contributed by atoms with Crippen molar-refractivity contribution in [3.8, 4) is 5.75 Å². The molecule has 0 spiro atoms. The second-order valence-electron chi connectivity index (χ2n) is 3.48. The lowest BCUT2D eigenvalue weighted by Gasteiger charge is -2.20. The van der Waals surface area contributed by atoms with Gasteiger partial charge in [-0.1, -0.05) is 23.7 Å². The van der Waals surface area contributed by atoms with Crippen LogP contribution in [0.1, 0.15) is 0 Å². The van der Waals surface area contributed by atoms with E-state index in [4.69, 9.17) is 16.3 Å². The molecule has 2 heterocycles. The Balaban J connectivity index is 2.59. The molecule has 1 aromatic heterocycles. The number of benzene rings is 1. The molecule has 0 amide bonds. The minimum absolute atomic E-state index is 0.0664. The molecule has 0 atom stereocenters. The molecule has 15 heavy (non-hydrogen) atoms. The maximum atomic E-state index is 11.7. The fraction of sp³-hybridized carbons (Fsp3) is 0.182. The molecule has 0 aliphatic carbocycles. The van der Waals surface area contributed by atoms with Crippen molar-refractivity contribution in [2.45, 2.75) is 6.54 Å². The summed E-state index contributed by atoms with van der Waals surface area (Å²) < 4.78 is 7.20.